The van der Waals surface area contributed by atoms with Gasteiger partial charge in [-0.3, -0.25) is 0 Å². The van der Waals surface area contributed by atoms with Crippen LogP contribution in [0.1, 0.15) is 62.1 Å². The van der Waals surface area contributed by atoms with Crippen LogP contribution in [-0.4, -0.2) is 25.0 Å². The number of nitrogens with zero attached hydrogens (tertiary/aromatic N) is 3. The maximum absolute atomic E-state index is 11.2. The Morgan fingerprint density at radius 3 is 2.30 bits per heavy atom. The van der Waals surface area contributed by atoms with Crippen molar-refractivity contribution >= 4 is 22.5 Å². The van der Waals surface area contributed by atoms with Gasteiger partial charge >= 0.3 is 0 Å². The normalized spacial score (nSPS) is 12.6. The molecule has 1 atom stereocenters. The Bertz CT molecular complexity index is 1270. The largest absolute Gasteiger partial charge is 0.388 e. The number of benzene rings is 1. The lowest BCUT2D eigenvalue weighted by molar-refractivity contribution is 0.105. The monoisotopic (exact) mass is 462 g/mol. The van der Waals surface area contributed by atoms with Crippen LogP contribution in [0.2, 0.25) is 5.28 Å². The quantitative estimate of drug-likeness (QED) is 0.290. The molecule has 0 amide bonds. The summed E-state index contributed by atoms with van der Waals surface area (Å²) in [6.07, 6.45) is 3.92. The van der Waals surface area contributed by atoms with Crippen LogP contribution in [0.5, 0.6) is 0 Å². The zero-order chi connectivity index (χ0) is 23.7. The lowest BCUT2D eigenvalue weighted by Crippen LogP contribution is -2.10. The molecule has 0 fully saturated rings. The van der Waals surface area contributed by atoms with Gasteiger partial charge in [0, 0.05) is 28.4 Å². The van der Waals surface area contributed by atoms with Crippen LogP contribution in [0, 0.1) is 19.8 Å². The first kappa shape index (κ1) is 23.4. The molecule has 1 unspecified atom stereocenters. The van der Waals surface area contributed by atoms with E-state index in [0.29, 0.717) is 11.4 Å². The highest BCUT2D eigenvalue weighted by atomic mass is 35.5. The molecule has 4 aromatic rings. The fourth-order valence-electron chi connectivity index (χ4n) is 4.68. The zero-order valence-corrected chi connectivity index (χ0v) is 20.7. The third kappa shape index (κ3) is 4.40. The molecule has 0 bridgehead atoms. The molecular weight excluding hydrogens is 432 g/mol. The van der Waals surface area contributed by atoms with E-state index >= 15 is 0 Å². The molecule has 172 valence electrons. The summed E-state index contributed by atoms with van der Waals surface area (Å²) in [5.74, 6) is 0.185. The zero-order valence-electron chi connectivity index (χ0n) is 19.9. The van der Waals surface area contributed by atoms with Crippen molar-refractivity contribution in [1.82, 2.24) is 19.9 Å². The second-order valence-corrected chi connectivity index (χ2v) is 9.02. The van der Waals surface area contributed by atoms with Crippen LogP contribution in [0.25, 0.3) is 33.5 Å². The highest BCUT2D eigenvalue weighted by molar-refractivity contribution is 6.28. The van der Waals surface area contributed by atoms with Gasteiger partial charge in [0.25, 0.3) is 0 Å². The molecule has 1 aromatic carbocycles. The number of halogens is 1. The van der Waals surface area contributed by atoms with Gasteiger partial charge in [-0.15, -0.1) is 0 Å². The van der Waals surface area contributed by atoms with Crippen molar-refractivity contribution in [1.29, 1.82) is 0 Å². The van der Waals surface area contributed by atoms with E-state index in [1.807, 2.05) is 19.2 Å². The van der Waals surface area contributed by atoms with Crippen LogP contribution < -0.4 is 0 Å². The first-order valence-electron chi connectivity index (χ1n) is 11.7. The third-order valence-electron chi connectivity index (χ3n) is 6.61. The molecule has 4 rings (SSSR count). The van der Waals surface area contributed by atoms with Gasteiger partial charge in [0.15, 0.2) is 0 Å². The Morgan fingerprint density at radius 2 is 1.67 bits per heavy atom. The third-order valence-corrected chi connectivity index (χ3v) is 6.78. The number of aryl methyl sites for hydroxylation is 3. The van der Waals surface area contributed by atoms with E-state index in [4.69, 9.17) is 16.6 Å². The van der Waals surface area contributed by atoms with Crippen LogP contribution in [-0.2, 0) is 6.42 Å². The summed E-state index contributed by atoms with van der Waals surface area (Å²) >= 11 is 6.27. The van der Waals surface area contributed by atoms with E-state index in [0.717, 1.165) is 63.8 Å². The number of aromatic nitrogens is 4. The average molecular weight is 463 g/mol. The maximum Gasteiger partial charge on any atom is 0.223 e. The minimum absolute atomic E-state index is 0.185. The SMILES string of the molecule is CCc1cc(-c2nc(-c3c(C)cccc3C)cc3c(C(O)C(CC)CC)c[nH]c23)nc(Cl)n1. The van der Waals surface area contributed by atoms with Crippen LogP contribution in [0.4, 0.5) is 0 Å². The fraction of sp³-hybridized carbons (Fsp3) is 0.370. The van der Waals surface area contributed by atoms with Crippen LogP contribution >= 0.6 is 11.6 Å². The molecular formula is C27H31ClN4O. The predicted octanol–water partition coefficient (Wildman–Crippen LogP) is 6.99. The van der Waals surface area contributed by atoms with Crippen molar-refractivity contribution in [2.24, 2.45) is 5.92 Å². The Morgan fingerprint density at radius 1 is 0.970 bits per heavy atom. The van der Waals surface area contributed by atoms with Gasteiger partial charge in [0.05, 0.1) is 23.0 Å². The Balaban J connectivity index is 2.04. The molecule has 5 nitrogen and oxygen atoms in total. The summed E-state index contributed by atoms with van der Waals surface area (Å²) in [4.78, 5) is 17.3. The van der Waals surface area contributed by atoms with E-state index in [1.54, 1.807) is 0 Å². The van der Waals surface area contributed by atoms with E-state index in [-0.39, 0.29) is 11.2 Å². The molecule has 0 saturated heterocycles. The first-order chi connectivity index (χ1) is 15.9. The lowest BCUT2D eigenvalue weighted by Gasteiger charge is -2.20. The minimum atomic E-state index is -0.560. The minimum Gasteiger partial charge on any atom is -0.388 e. The number of hydrogen-bond acceptors (Lipinski definition) is 4. The molecule has 0 radical (unpaired) electrons. The molecule has 3 aromatic heterocycles. The number of H-pyrrole nitrogens is 1. The van der Waals surface area contributed by atoms with Gasteiger partial charge in [-0.25, -0.2) is 15.0 Å². The molecule has 0 spiro atoms. The fourth-order valence-corrected chi connectivity index (χ4v) is 4.88. The highest BCUT2D eigenvalue weighted by Gasteiger charge is 2.24. The Labute approximate surface area is 200 Å². The second kappa shape index (κ2) is 9.62. The highest BCUT2D eigenvalue weighted by Crippen LogP contribution is 2.38. The standard InChI is InChI=1S/C27H31ClN4O/c1-6-17(7-2)26(33)20-14-29-24-19(20)13-21(23-15(4)10-9-11-16(23)5)31-25(24)22-12-18(8-3)30-27(28)32-22/h9-14,17,26,29,33H,6-8H2,1-5H3. The van der Waals surface area contributed by atoms with Crippen molar-refractivity contribution in [3.63, 3.8) is 0 Å². The molecule has 3 heterocycles. The second-order valence-electron chi connectivity index (χ2n) is 8.68. The topological polar surface area (TPSA) is 74.7 Å². The summed E-state index contributed by atoms with van der Waals surface area (Å²) in [5, 5.41) is 12.4. The van der Waals surface area contributed by atoms with Gasteiger partial charge in [-0.2, -0.15) is 0 Å². The summed E-state index contributed by atoms with van der Waals surface area (Å²) in [6, 6.07) is 10.3. The number of aromatic amines is 1. The van der Waals surface area contributed by atoms with Gasteiger partial charge < -0.3 is 10.1 Å². The number of nitrogens with one attached hydrogen (secondary N) is 1. The molecule has 0 aliphatic carbocycles. The summed E-state index contributed by atoms with van der Waals surface area (Å²) in [7, 11) is 0. The summed E-state index contributed by atoms with van der Waals surface area (Å²) in [6.45, 7) is 10.5. The Hall–Kier alpha value is -2.76. The smallest absolute Gasteiger partial charge is 0.223 e. The van der Waals surface area contributed by atoms with Gasteiger partial charge in [-0.1, -0.05) is 51.8 Å². The number of fused-ring (bicyclic) bond motifs is 1. The van der Waals surface area contributed by atoms with Crippen molar-refractivity contribution < 1.29 is 5.11 Å². The molecule has 2 N–H and O–H groups in total. The number of hydrogen-bond donors (Lipinski definition) is 2. The van der Waals surface area contributed by atoms with Crippen molar-refractivity contribution in [3.8, 4) is 22.6 Å². The molecule has 6 heteroatoms. The molecule has 33 heavy (non-hydrogen) atoms. The number of rotatable bonds is 7. The molecule has 0 saturated carbocycles. The number of aliphatic hydroxyl groups excluding tert-OH is 1. The average Bonchev–Trinajstić information content (AvgIpc) is 3.22. The van der Waals surface area contributed by atoms with Gasteiger partial charge in [0.2, 0.25) is 5.28 Å². The van der Waals surface area contributed by atoms with Crippen molar-refractivity contribution in [3.05, 3.63) is 64.2 Å². The van der Waals surface area contributed by atoms with Crippen LogP contribution in [0.15, 0.2) is 36.5 Å². The first-order valence-corrected chi connectivity index (χ1v) is 12.1. The van der Waals surface area contributed by atoms with Crippen molar-refractivity contribution in [2.45, 2.75) is 60.0 Å². The van der Waals surface area contributed by atoms with E-state index < -0.39 is 6.10 Å². The lowest BCUT2D eigenvalue weighted by atomic mass is 9.90. The van der Waals surface area contributed by atoms with Crippen molar-refractivity contribution in [2.75, 3.05) is 0 Å². The van der Waals surface area contributed by atoms with Gasteiger partial charge in [-0.05, 0) is 61.0 Å². The predicted molar refractivity (Wildman–Crippen MR) is 135 cm³/mol. The Kier molecular flexibility index (Phi) is 6.82. The van der Waals surface area contributed by atoms with E-state index in [9.17, 15) is 5.11 Å². The number of aliphatic hydroxyl groups is 1. The molecule has 0 aliphatic heterocycles. The van der Waals surface area contributed by atoms with E-state index in [1.165, 1.54) is 0 Å². The van der Waals surface area contributed by atoms with Crippen LogP contribution in [0.3, 0.4) is 0 Å². The number of pyridine rings is 1. The maximum atomic E-state index is 11.2. The van der Waals surface area contributed by atoms with E-state index in [2.05, 4.69) is 66.9 Å². The molecule has 0 aliphatic rings. The summed E-state index contributed by atoms with van der Waals surface area (Å²) in [5.41, 5.74) is 8.26. The summed E-state index contributed by atoms with van der Waals surface area (Å²) < 4.78 is 0. The van der Waals surface area contributed by atoms with Gasteiger partial charge in [0.1, 0.15) is 5.69 Å².